The molecule has 2 aromatic carbocycles. The Morgan fingerprint density at radius 1 is 0.717 bits per heavy atom. The number of hydrogen-bond donors (Lipinski definition) is 7. The van der Waals surface area contributed by atoms with Gasteiger partial charge in [-0.15, -0.1) is 0 Å². The fraction of sp³-hybridized carbons (Fsp3) is 0.677. The molecule has 0 radical (unpaired) electrons. The van der Waals surface area contributed by atoms with Gasteiger partial charge in [0.15, 0.2) is 0 Å². The van der Waals surface area contributed by atoms with Crippen LogP contribution in [0.1, 0.15) is 131 Å². The van der Waals surface area contributed by atoms with E-state index in [4.69, 9.17) is 19.0 Å². The van der Waals surface area contributed by atoms with Crippen molar-refractivity contribution in [3.8, 4) is 5.75 Å². The summed E-state index contributed by atoms with van der Waals surface area (Å²) >= 11 is 0. The van der Waals surface area contributed by atoms with E-state index in [1.54, 1.807) is 77.2 Å². The summed E-state index contributed by atoms with van der Waals surface area (Å²) in [5.41, 5.74) is 4.72. The molecule has 2 aromatic rings. The van der Waals surface area contributed by atoms with Crippen LogP contribution in [-0.4, -0.2) is 208 Å². The average molecular weight is 1310 g/mol. The van der Waals surface area contributed by atoms with Crippen LogP contribution in [0.25, 0.3) is 0 Å². The third-order valence-electron chi connectivity index (χ3n) is 17.7. The van der Waals surface area contributed by atoms with Gasteiger partial charge in [-0.05, 0) is 113 Å². The van der Waals surface area contributed by atoms with Crippen molar-refractivity contribution in [1.82, 2.24) is 45.8 Å². The molecule has 2 aliphatic heterocycles. The Morgan fingerprint density at radius 3 is 1.92 bits per heavy atom. The molecule has 10 atom stereocenters. The van der Waals surface area contributed by atoms with Gasteiger partial charge in [-0.3, -0.25) is 57.6 Å². The van der Waals surface area contributed by atoms with E-state index in [2.05, 4.69) is 31.5 Å². The predicted octanol–water partition coefficient (Wildman–Crippen LogP) is 3.62. The first-order valence-corrected chi connectivity index (χ1v) is 33.8. The van der Waals surface area contributed by atoms with Gasteiger partial charge in [-0.1, -0.05) is 79.2 Å². The molecular weight excluding hydrogens is 1210 g/mol. The Labute approximate surface area is 543 Å². The van der Waals surface area contributed by atoms with E-state index in [9.17, 15) is 56.7 Å². The van der Waals surface area contributed by atoms with Crippen molar-refractivity contribution in [2.45, 2.75) is 186 Å². The lowest BCUT2D eigenvalue weighted by Crippen LogP contribution is -2.59. The van der Waals surface area contributed by atoms with Crippen molar-refractivity contribution in [3.05, 3.63) is 59.7 Å². The van der Waals surface area contributed by atoms with Crippen LogP contribution in [0.2, 0.25) is 0 Å². The van der Waals surface area contributed by atoms with Crippen LogP contribution >= 0.6 is 0 Å². The van der Waals surface area contributed by atoms with Crippen LogP contribution < -0.4 is 36.2 Å². The summed E-state index contributed by atoms with van der Waals surface area (Å²) in [6, 6.07) is 9.08. The number of amides is 8. The van der Waals surface area contributed by atoms with E-state index in [0.29, 0.717) is 88.1 Å². The maximum absolute atomic E-state index is 14.6. The third-order valence-corrected chi connectivity index (χ3v) is 19.6. The number of piperidine rings is 1. The number of likely N-dealkylation sites (tertiary alicyclic amines) is 2. The molecule has 7 N–H and O–H groups in total. The summed E-state index contributed by atoms with van der Waals surface area (Å²) in [5, 5.41) is 19.7. The molecule has 2 heterocycles. The highest BCUT2D eigenvalue weighted by Gasteiger charge is 2.45. The first-order valence-electron chi connectivity index (χ1n) is 32.2. The van der Waals surface area contributed by atoms with Crippen molar-refractivity contribution in [3.63, 3.8) is 0 Å². The molecule has 0 spiro atoms. The minimum absolute atomic E-state index is 0.0107. The largest absolute Gasteiger partial charge is 0.492 e. The monoisotopic (exact) mass is 1310 g/mol. The van der Waals surface area contributed by atoms with Crippen LogP contribution in [-0.2, 0) is 80.5 Å². The summed E-state index contributed by atoms with van der Waals surface area (Å²) < 4.78 is 46.3. The van der Waals surface area contributed by atoms with Gasteiger partial charge in [0.2, 0.25) is 51.4 Å². The molecule has 8 amide bonds. The number of anilines is 1. The van der Waals surface area contributed by atoms with E-state index < -0.39 is 105 Å². The zero-order valence-corrected chi connectivity index (χ0v) is 56.8. The van der Waals surface area contributed by atoms with Gasteiger partial charge >= 0.3 is 5.97 Å². The molecule has 3 fully saturated rings. The second kappa shape index (κ2) is 36.0. The molecule has 10 unspecified atom stereocenters. The lowest BCUT2D eigenvalue weighted by atomic mass is 9.89. The zero-order chi connectivity index (χ0) is 68.1. The quantitative estimate of drug-likeness (QED) is 0.0375. The van der Waals surface area contributed by atoms with Crippen LogP contribution in [0.4, 0.5) is 5.69 Å². The maximum Gasteiger partial charge on any atom is 0.306 e. The fourth-order valence-corrected chi connectivity index (χ4v) is 13.4. The second-order valence-electron chi connectivity index (χ2n) is 25.6. The average Bonchev–Trinajstić information content (AvgIpc) is 1.51. The number of carbonyl (C=O) groups is 9. The zero-order valence-electron chi connectivity index (χ0n) is 56.0. The van der Waals surface area contributed by atoms with Gasteiger partial charge in [-0.25, -0.2) is 8.42 Å². The fourth-order valence-electron chi connectivity index (χ4n) is 12.0. The second-order valence-corrected chi connectivity index (χ2v) is 27.6. The normalized spacial score (nSPS) is 18.4. The first-order chi connectivity index (χ1) is 43.5. The van der Waals surface area contributed by atoms with Gasteiger partial charge in [0, 0.05) is 65.9 Å². The van der Waals surface area contributed by atoms with Crippen LogP contribution in [0.5, 0.6) is 5.75 Å². The molecule has 92 heavy (non-hydrogen) atoms. The van der Waals surface area contributed by atoms with E-state index in [1.807, 2.05) is 60.5 Å². The number of likely N-dealkylation sites (N-methyl/N-ethyl adjacent to an activating group) is 2. The van der Waals surface area contributed by atoms with Gasteiger partial charge in [0.05, 0.1) is 67.0 Å². The number of rotatable bonds is 37. The Bertz CT molecular complexity index is 2900. The number of nitrogens with one attached hydrogen (secondary N) is 6. The Hall–Kier alpha value is -6.78. The minimum atomic E-state index is -3.99. The van der Waals surface area contributed by atoms with Crippen molar-refractivity contribution in [1.29, 1.82) is 0 Å². The molecule has 1 saturated carbocycles. The van der Waals surface area contributed by atoms with Gasteiger partial charge in [0.1, 0.15) is 30.5 Å². The molecular formula is C65H102N10O16S. The lowest BCUT2D eigenvalue weighted by Gasteiger charge is -2.41. The molecule has 514 valence electrons. The number of carbonyl (C=O) groups excluding carboxylic acids is 8. The van der Waals surface area contributed by atoms with Crippen molar-refractivity contribution < 1.29 is 75.7 Å². The number of hydroxylamine groups is 1. The van der Waals surface area contributed by atoms with E-state index in [1.165, 1.54) is 21.1 Å². The molecule has 2 saturated heterocycles. The summed E-state index contributed by atoms with van der Waals surface area (Å²) in [6.45, 7) is 16.5. The highest BCUT2D eigenvalue weighted by Crippen LogP contribution is 2.31. The Balaban J connectivity index is 1.12. The van der Waals surface area contributed by atoms with Crippen molar-refractivity contribution >= 4 is 68.9 Å². The topological polar surface area (TPSA) is 330 Å². The van der Waals surface area contributed by atoms with Crippen LogP contribution in [0, 0.1) is 29.6 Å². The molecule has 0 aromatic heterocycles. The van der Waals surface area contributed by atoms with E-state index in [0.717, 1.165) is 5.56 Å². The SMILES string of the molecule is CCC(C)C(C(CC(=O)N1CCCC1C(OC)C(C)C(=O)NC(Cc1ccc(OCCNOCc2ccc(NC(=O)C(C)NC(=O)CCC(=O)N3CCC(C(=O)O)CC3)cc2)cc1)C(=O)NS(=O)(=O)C1CC1)OC)N(C)C(=O)C(NC(=O)C(C(C)C)N(C)C)C(C)C. The number of ether oxygens (including phenoxy) is 3. The molecule has 5 rings (SSSR count). The highest BCUT2D eigenvalue weighted by molar-refractivity contribution is 7.90. The molecule has 3 aliphatic rings. The lowest BCUT2D eigenvalue weighted by molar-refractivity contribution is -0.148. The number of aliphatic carboxylic acids is 1. The summed E-state index contributed by atoms with van der Waals surface area (Å²) in [7, 11) is 4.31. The van der Waals surface area contributed by atoms with E-state index in [-0.39, 0.29) is 80.3 Å². The smallest absolute Gasteiger partial charge is 0.306 e. The van der Waals surface area contributed by atoms with Crippen molar-refractivity contribution in [2.24, 2.45) is 29.6 Å². The van der Waals surface area contributed by atoms with Gasteiger partial charge < -0.3 is 55.3 Å². The number of carboxylic acids is 1. The Morgan fingerprint density at radius 2 is 1.36 bits per heavy atom. The highest BCUT2D eigenvalue weighted by atomic mass is 32.2. The first kappa shape index (κ1) is 75.9. The molecule has 26 nitrogen and oxygen atoms in total. The minimum Gasteiger partial charge on any atom is -0.492 e. The number of benzene rings is 2. The number of methoxy groups -OCH3 is 2. The van der Waals surface area contributed by atoms with E-state index >= 15 is 0 Å². The number of carboxylic acid groups (broad SMARTS) is 1. The molecule has 0 bridgehead atoms. The third kappa shape index (κ3) is 22.2. The number of hydrogen-bond acceptors (Lipinski definition) is 17. The number of sulfonamides is 1. The van der Waals surface area contributed by atoms with Gasteiger partial charge in [0.25, 0.3) is 5.91 Å². The van der Waals surface area contributed by atoms with Crippen LogP contribution in [0.15, 0.2) is 48.5 Å². The van der Waals surface area contributed by atoms with Crippen molar-refractivity contribution in [2.75, 3.05) is 73.5 Å². The maximum atomic E-state index is 14.6. The molecule has 1 aliphatic carbocycles. The van der Waals surface area contributed by atoms with Crippen LogP contribution in [0.3, 0.4) is 0 Å². The molecule has 27 heteroatoms. The summed E-state index contributed by atoms with van der Waals surface area (Å²) in [4.78, 5) is 132. The summed E-state index contributed by atoms with van der Waals surface area (Å²) in [6.07, 6.45) is 1.46. The standard InChI is InChI=1S/C65H102N10O16S/c1-14-41(6)58(73(11)64(83)56(39(2)3)70-63(82)57(40(4)5)72(9)10)52(88-12)37-55(78)75-32-15-16-51(75)59(89-13)42(7)60(79)69-50(62(81)71-92(86,87)49-25-26-49)36-44-19-23-48(24-20-44)90-35-31-66-91-38-45-17-21-47(22-18-45)68-61(80)43(8)67-53(76)27-28-54(77)74-33-29-46(30-34-74)65(84)85/h17-24,39-43,46,49-52,56-59,66H,14-16,25-38H2,1-13H3,(H,67,76)(H,68,80)(H,69,79)(H,70,82)(H,71,81)(H,84,85). The summed E-state index contributed by atoms with van der Waals surface area (Å²) in [5.74, 6) is -5.59. The predicted molar refractivity (Wildman–Crippen MR) is 345 cm³/mol. The van der Waals surface area contributed by atoms with Gasteiger partial charge in [-0.2, -0.15) is 5.48 Å². The Kier molecular flexibility index (Phi) is 29.7. The number of nitrogens with zero attached hydrogens (tertiary/aromatic N) is 4.